The van der Waals surface area contributed by atoms with E-state index in [0.29, 0.717) is 10.9 Å². The van der Waals surface area contributed by atoms with E-state index in [1.165, 1.54) is 11.1 Å². The average Bonchev–Trinajstić information content (AvgIpc) is 2.55. The number of aromatic nitrogens is 3. The molecule has 0 saturated heterocycles. The van der Waals surface area contributed by atoms with Crippen molar-refractivity contribution in [2.75, 3.05) is 0 Å². The SMILES string of the molecule is O=c1c2ccncc2ncn1[C@@H]1CCCc2ccccc21. The molecule has 0 unspecified atom stereocenters. The number of fused-ring (bicyclic) bond motifs is 2. The molecule has 0 amide bonds. The van der Waals surface area contributed by atoms with Crippen molar-refractivity contribution in [1.29, 1.82) is 0 Å². The molecule has 0 bridgehead atoms. The Kier molecular flexibility index (Phi) is 2.81. The highest BCUT2D eigenvalue weighted by Crippen LogP contribution is 2.31. The van der Waals surface area contributed by atoms with Crippen molar-refractivity contribution >= 4 is 10.9 Å². The van der Waals surface area contributed by atoms with E-state index in [4.69, 9.17) is 0 Å². The maximum Gasteiger partial charge on any atom is 0.261 e. The zero-order valence-corrected chi connectivity index (χ0v) is 11.6. The Hall–Kier alpha value is -2.49. The van der Waals surface area contributed by atoms with Gasteiger partial charge in [0.2, 0.25) is 0 Å². The van der Waals surface area contributed by atoms with Gasteiger partial charge in [-0.3, -0.25) is 14.3 Å². The van der Waals surface area contributed by atoms with Crippen molar-refractivity contribution in [2.24, 2.45) is 0 Å². The van der Waals surface area contributed by atoms with E-state index < -0.39 is 0 Å². The highest BCUT2D eigenvalue weighted by atomic mass is 16.1. The molecule has 0 radical (unpaired) electrons. The molecular weight excluding hydrogens is 262 g/mol. The number of aryl methyl sites for hydroxylation is 1. The normalized spacial score (nSPS) is 17.6. The van der Waals surface area contributed by atoms with Crippen LogP contribution in [0.25, 0.3) is 10.9 Å². The van der Waals surface area contributed by atoms with E-state index in [0.717, 1.165) is 19.3 Å². The van der Waals surface area contributed by atoms with Gasteiger partial charge in [0, 0.05) is 6.20 Å². The Balaban J connectivity index is 1.92. The number of nitrogens with zero attached hydrogens (tertiary/aromatic N) is 3. The first-order valence-electron chi connectivity index (χ1n) is 7.23. The lowest BCUT2D eigenvalue weighted by molar-refractivity contribution is 0.475. The van der Waals surface area contributed by atoms with Crippen molar-refractivity contribution in [3.63, 3.8) is 0 Å². The summed E-state index contributed by atoms with van der Waals surface area (Å²) >= 11 is 0. The van der Waals surface area contributed by atoms with Crippen molar-refractivity contribution in [3.05, 3.63) is 70.5 Å². The Morgan fingerprint density at radius 2 is 2.10 bits per heavy atom. The second-order valence-corrected chi connectivity index (χ2v) is 5.46. The van der Waals surface area contributed by atoms with Crippen LogP contribution in [-0.2, 0) is 6.42 Å². The lowest BCUT2D eigenvalue weighted by Crippen LogP contribution is -2.28. The van der Waals surface area contributed by atoms with Crippen molar-refractivity contribution < 1.29 is 0 Å². The third-order valence-electron chi connectivity index (χ3n) is 4.26. The van der Waals surface area contributed by atoms with Crippen LogP contribution >= 0.6 is 0 Å². The molecule has 0 saturated carbocycles. The van der Waals surface area contributed by atoms with Crippen LogP contribution in [0.3, 0.4) is 0 Å². The van der Waals surface area contributed by atoms with Gasteiger partial charge in [0.05, 0.1) is 29.5 Å². The maximum atomic E-state index is 12.7. The average molecular weight is 277 g/mol. The lowest BCUT2D eigenvalue weighted by Gasteiger charge is -2.27. The topological polar surface area (TPSA) is 47.8 Å². The largest absolute Gasteiger partial charge is 0.291 e. The predicted molar refractivity (Wildman–Crippen MR) is 81.3 cm³/mol. The van der Waals surface area contributed by atoms with Crippen LogP contribution in [0.2, 0.25) is 0 Å². The molecule has 2 aromatic heterocycles. The molecule has 4 rings (SSSR count). The van der Waals surface area contributed by atoms with Gasteiger partial charge in [0.15, 0.2) is 0 Å². The van der Waals surface area contributed by atoms with Gasteiger partial charge in [-0.25, -0.2) is 4.98 Å². The summed E-state index contributed by atoms with van der Waals surface area (Å²) in [6.07, 6.45) is 8.11. The molecule has 1 atom stereocenters. The number of hydrogen-bond donors (Lipinski definition) is 0. The highest BCUT2D eigenvalue weighted by molar-refractivity contribution is 5.75. The molecule has 0 N–H and O–H groups in total. The molecule has 0 fully saturated rings. The Morgan fingerprint density at radius 3 is 3.05 bits per heavy atom. The van der Waals surface area contributed by atoms with Crippen molar-refractivity contribution in [3.8, 4) is 0 Å². The zero-order valence-electron chi connectivity index (χ0n) is 11.6. The van der Waals surface area contributed by atoms with Crippen LogP contribution in [0, 0.1) is 0 Å². The van der Waals surface area contributed by atoms with Crippen LogP contribution in [-0.4, -0.2) is 14.5 Å². The van der Waals surface area contributed by atoms with Crippen LogP contribution in [0.1, 0.15) is 30.0 Å². The van der Waals surface area contributed by atoms with E-state index >= 15 is 0 Å². The summed E-state index contributed by atoms with van der Waals surface area (Å²) < 4.78 is 1.78. The van der Waals surface area contributed by atoms with E-state index in [9.17, 15) is 4.79 Å². The summed E-state index contributed by atoms with van der Waals surface area (Å²) in [6, 6.07) is 10.2. The molecule has 3 aromatic rings. The van der Waals surface area contributed by atoms with Gasteiger partial charge in [-0.1, -0.05) is 24.3 Å². The summed E-state index contributed by atoms with van der Waals surface area (Å²) in [5.74, 6) is 0. The summed E-state index contributed by atoms with van der Waals surface area (Å²) in [5, 5.41) is 0.635. The minimum Gasteiger partial charge on any atom is -0.291 e. The third-order valence-corrected chi connectivity index (χ3v) is 4.26. The molecule has 0 aliphatic heterocycles. The first-order valence-corrected chi connectivity index (χ1v) is 7.23. The van der Waals surface area contributed by atoms with E-state index in [2.05, 4.69) is 28.2 Å². The Morgan fingerprint density at radius 1 is 1.19 bits per heavy atom. The summed E-state index contributed by atoms with van der Waals surface area (Å²) in [6.45, 7) is 0. The maximum absolute atomic E-state index is 12.7. The number of benzene rings is 1. The molecule has 0 spiro atoms. The summed E-state index contributed by atoms with van der Waals surface area (Å²) in [7, 11) is 0. The standard InChI is InChI=1S/C17H15N3O/c21-17-14-8-9-18-10-15(14)19-11-20(17)16-7-3-5-12-4-1-2-6-13(12)16/h1-2,4,6,8-11,16H,3,5,7H2/t16-/m1/s1. The minimum atomic E-state index is 0.0177. The second-order valence-electron chi connectivity index (χ2n) is 5.46. The molecular formula is C17H15N3O. The van der Waals surface area contributed by atoms with Gasteiger partial charge >= 0.3 is 0 Å². The van der Waals surface area contributed by atoms with Crippen LogP contribution in [0.4, 0.5) is 0 Å². The fourth-order valence-electron chi connectivity index (χ4n) is 3.23. The first-order chi connectivity index (χ1) is 10.3. The zero-order chi connectivity index (χ0) is 14.2. The second kappa shape index (κ2) is 4.81. The fraction of sp³-hybridized carbons (Fsp3) is 0.235. The molecule has 2 heterocycles. The van der Waals surface area contributed by atoms with E-state index in [1.807, 2.05) is 6.07 Å². The number of hydrogen-bond acceptors (Lipinski definition) is 3. The van der Waals surface area contributed by atoms with Gasteiger partial charge in [0.1, 0.15) is 0 Å². The summed E-state index contributed by atoms with van der Waals surface area (Å²) in [5.41, 5.74) is 3.27. The number of rotatable bonds is 1. The smallest absolute Gasteiger partial charge is 0.261 e. The minimum absolute atomic E-state index is 0.0177. The molecule has 104 valence electrons. The first kappa shape index (κ1) is 12.3. The quantitative estimate of drug-likeness (QED) is 0.687. The molecule has 21 heavy (non-hydrogen) atoms. The van der Waals surface area contributed by atoms with Gasteiger partial charge in [-0.15, -0.1) is 0 Å². The van der Waals surface area contributed by atoms with Crippen LogP contribution < -0.4 is 5.56 Å². The van der Waals surface area contributed by atoms with Crippen LogP contribution in [0.5, 0.6) is 0 Å². The molecule has 4 nitrogen and oxygen atoms in total. The van der Waals surface area contributed by atoms with E-state index in [-0.39, 0.29) is 11.6 Å². The number of pyridine rings is 1. The van der Waals surface area contributed by atoms with Crippen molar-refractivity contribution in [2.45, 2.75) is 25.3 Å². The van der Waals surface area contributed by atoms with Gasteiger partial charge in [0.25, 0.3) is 5.56 Å². The Labute approximate surface area is 122 Å². The van der Waals surface area contributed by atoms with Gasteiger partial charge < -0.3 is 0 Å². The highest BCUT2D eigenvalue weighted by Gasteiger charge is 2.22. The van der Waals surface area contributed by atoms with Crippen molar-refractivity contribution in [1.82, 2.24) is 14.5 Å². The third kappa shape index (κ3) is 1.95. The monoisotopic (exact) mass is 277 g/mol. The predicted octanol–water partition coefficient (Wildman–Crippen LogP) is 2.72. The molecule has 1 aliphatic carbocycles. The van der Waals surface area contributed by atoms with Crippen LogP contribution in [0.15, 0.2) is 53.8 Å². The van der Waals surface area contributed by atoms with Gasteiger partial charge in [-0.05, 0) is 36.5 Å². The van der Waals surface area contributed by atoms with Gasteiger partial charge in [-0.2, -0.15) is 0 Å². The fourth-order valence-corrected chi connectivity index (χ4v) is 3.23. The summed E-state index contributed by atoms with van der Waals surface area (Å²) in [4.78, 5) is 21.1. The lowest BCUT2D eigenvalue weighted by atomic mass is 9.87. The van der Waals surface area contributed by atoms with E-state index in [1.54, 1.807) is 29.4 Å². The molecule has 1 aliphatic rings. The Bertz CT molecular complexity index is 869. The molecule has 4 heteroatoms. The molecule has 1 aromatic carbocycles.